The summed E-state index contributed by atoms with van der Waals surface area (Å²) in [6.07, 6.45) is 0.768. The number of sulfonamides is 1. The number of carbonyl (C=O) groups is 1. The molecule has 0 aromatic heterocycles. The average molecular weight is 377 g/mol. The van der Waals surface area contributed by atoms with Crippen molar-refractivity contribution >= 4 is 33.0 Å². The summed E-state index contributed by atoms with van der Waals surface area (Å²) in [5.41, 5.74) is 1.59. The number of hydrogen-bond donors (Lipinski definition) is 3. The zero-order valence-corrected chi connectivity index (χ0v) is 15.3. The highest BCUT2D eigenvalue weighted by molar-refractivity contribution is 7.92. The molecule has 3 rings (SSSR count). The Morgan fingerprint density at radius 1 is 1.15 bits per heavy atom. The maximum Gasteiger partial charge on any atom is 0.262 e. The molecule has 1 amide bonds. The Bertz CT molecular complexity index is 958. The summed E-state index contributed by atoms with van der Waals surface area (Å²) in [6, 6.07) is 8.79. The van der Waals surface area contributed by atoms with Gasteiger partial charge >= 0.3 is 0 Å². The van der Waals surface area contributed by atoms with Gasteiger partial charge in [-0.15, -0.1) is 0 Å². The van der Waals surface area contributed by atoms with Crippen molar-refractivity contribution in [2.24, 2.45) is 0 Å². The SMILES string of the molecule is CC(C)Nc1cccc(F)c1NS(=O)(=O)c1ccc2c(c1)CCC(=O)N2. The summed E-state index contributed by atoms with van der Waals surface area (Å²) in [5, 5.41) is 5.73. The number of hydrogen-bond acceptors (Lipinski definition) is 4. The topological polar surface area (TPSA) is 87.3 Å². The number of rotatable bonds is 5. The minimum Gasteiger partial charge on any atom is -0.381 e. The lowest BCUT2D eigenvalue weighted by Crippen LogP contribution is -2.21. The van der Waals surface area contributed by atoms with Crippen LogP contribution in [-0.2, 0) is 21.2 Å². The summed E-state index contributed by atoms with van der Waals surface area (Å²) in [5.74, 6) is -0.758. The zero-order valence-electron chi connectivity index (χ0n) is 14.5. The van der Waals surface area contributed by atoms with Gasteiger partial charge in [0.25, 0.3) is 10.0 Å². The van der Waals surface area contributed by atoms with Crippen molar-refractivity contribution in [3.05, 3.63) is 47.8 Å². The van der Waals surface area contributed by atoms with Gasteiger partial charge in [0.05, 0.1) is 10.6 Å². The maximum atomic E-state index is 14.2. The fraction of sp³-hybridized carbons (Fsp3) is 0.278. The van der Waals surface area contributed by atoms with Crippen molar-refractivity contribution in [1.29, 1.82) is 0 Å². The van der Waals surface area contributed by atoms with E-state index in [2.05, 4.69) is 15.4 Å². The minimum atomic E-state index is -3.98. The molecular weight excluding hydrogens is 357 g/mol. The zero-order chi connectivity index (χ0) is 18.9. The molecule has 0 radical (unpaired) electrons. The first-order valence-electron chi connectivity index (χ1n) is 8.27. The quantitative estimate of drug-likeness (QED) is 0.746. The van der Waals surface area contributed by atoms with Gasteiger partial charge in [0.15, 0.2) is 0 Å². The highest BCUT2D eigenvalue weighted by atomic mass is 32.2. The number of nitrogens with one attached hydrogen (secondary N) is 3. The molecule has 138 valence electrons. The first kappa shape index (κ1) is 18.2. The van der Waals surface area contributed by atoms with Crippen LogP contribution in [0.3, 0.4) is 0 Å². The van der Waals surface area contributed by atoms with Crippen molar-refractivity contribution in [3.63, 3.8) is 0 Å². The van der Waals surface area contributed by atoms with Crippen LogP contribution in [0.4, 0.5) is 21.5 Å². The molecule has 1 heterocycles. The molecular formula is C18H20FN3O3S. The predicted octanol–water partition coefficient (Wildman–Crippen LogP) is 3.33. The van der Waals surface area contributed by atoms with Crippen LogP contribution in [-0.4, -0.2) is 20.4 Å². The molecule has 6 nitrogen and oxygen atoms in total. The van der Waals surface area contributed by atoms with Crippen molar-refractivity contribution in [1.82, 2.24) is 0 Å². The van der Waals surface area contributed by atoms with E-state index in [4.69, 9.17) is 0 Å². The van der Waals surface area contributed by atoms with E-state index in [-0.39, 0.29) is 22.5 Å². The molecule has 0 spiro atoms. The van der Waals surface area contributed by atoms with E-state index in [0.717, 1.165) is 5.56 Å². The van der Waals surface area contributed by atoms with Crippen LogP contribution in [0.2, 0.25) is 0 Å². The molecule has 1 aliphatic rings. The van der Waals surface area contributed by atoms with Gasteiger partial charge in [0.2, 0.25) is 5.91 Å². The second kappa shape index (κ2) is 6.95. The number of halogens is 1. The summed E-state index contributed by atoms with van der Waals surface area (Å²) in [4.78, 5) is 11.4. The first-order valence-corrected chi connectivity index (χ1v) is 9.75. The molecule has 2 aromatic carbocycles. The first-order chi connectivity index (χ1) is 12.3. The molecule has 0 saturated carbocycles. The highest BCUT2D eigenvalue weighted by Gasteiger charge is 2.22. The number of fused-ring (bicyclic) bond motifs is 1. The molecule has 0 atom stereocenters. The fourth-order valence-corrected chi connectivity index (χ4v) is 3.92. The van der Waals surface area contributed by atoms with Crippen molar-refractivity contribution < 1.29 is 17.6 Å². The lowest BCUT2D eigenvalue weighted by atomic mass is 10.0. The second-order valence-corrected chi connectivity index (χ2v) is 8.12. The van der Waals surface area contributed by atoms with E-state index >= 15 is 0 Å². The number of benzene rings is 2. The molecule has 1 aliphatic heterocycles. The monoisotopic (exact) mass is 377 g/mol. The van der Waals surface area contributed by atoms with Crippen molar-refractivity contribution in [2.45, 2.75) is 37.6 Å². The molecule has 0 aliphatic carbocycles. The van der Waals surface area contributed by atoms with E-state index in [0.29, 0.717) is 24.2 Å². The largest absolute Gasteiger partial charge is 0.381 e. The molecule has 3 N–H and O–H groups in total. The highest BCUT2D eigenvalue weighted by Crippen LogP contribution is 2.30. The number of carbonyl (C=O) groups excluding carboxylic acids is 1. The third-order valence-corrected chi connectivity index (χ3v) is 5.32. The molecule has 0 bridgehead atoms. The van der Waals surface area contributed by atoms with Crippen LogP contribution >= 0.6 is 0 Å². The van der Waals surface area contributed by atoms with Crippen molar-refractivity contribution in [3.8, 4) is 0 Å². The second-order valence-electron chi connectivity index (χ2n) is 6.43. The van der Waals surface area contributed by atoms with Crippen LogP contribution in [0.1, 0.15) is 25.8 Å². The Morgan fingerprint density at radius 3 is 2.65 bits per heavy atom. The standard InChI is InChI=1S/C18H20FN3O3S/c1-11(2)20-16-5-3-4-14(19)18(16)22-26(24,25)13-7-8-15-12(10-13)6-9-17(23)21-15/h3-5,7-8,10-11,20,22H,6,9H2,1-2H3,(H,21,23). The van der Waals surface area contributed by atoms with E-state index in [1.165, 1.54) is 24.3 Å². The summed E-state index contributed by atoms with van der Waals surface area (Å²) in [7, 11) is -3.98. The molecule has 8 heteroatoms. The van der Waals surface area contributed by atoms with Crippen molar-refractivity contribution in [2.75, 3.05) is 15.4 Å². The van der Waals surface area contributed by atoms with Gasteiger partial charge in [-0.25, -0.2) is 12.8 Å². The van der Waals surface area contributed by atoms with Crippen LogP contribution in [0, 0.1) is 5.82 Å². The van der Waals surface area contributed by atoms with Crippen LogP contribution in [0.15, 0.2) is 41.3 Å². The summed E-state index contributed by atoms with van der Waals surface area (Å²) < 4.78 is 42.1. The smallest absolute Gasteiger partial charge is 0.262 e. The number of anilines is 3. The van der Waals surface area contributed by atoms with Gasteiger partial charge in [0, 0.05) is 18.2 Å². The van der Waals surface area contributed by atoms with Gasteiger partial charge in [-0.2, -0.15) is 0 Å². The predicted molar refractivity (Wildman–Crippen MR) is 99.4 cm³/mol. The Morgan fingerprint density at radius 2 is 1.92 bits per heavy atom. The van der Waals surface area contributed by atoms with Gasteiger partial charge in [0.1, 0.15) is 11.5 Å². The Hall–Kier alpha value is -2.61. The Kier molecular flexibility index (Phi) is 4.86. The average Bonchev–Trinajstić information content (AvgIpc) is 2.57. The number of aryl methyl sites for hydroxylation is 1. The molecule has 26 heavy (non-hydrogen) atoms. The Balaban J connectivity index is 1.94. The van der Waals surface area contributed by atoms with Crippen LogP contribution in [0.25, 0.3) is 0 Å². The third kappa shape index (κ3) is 3.80. The normalized spacial score (nSPS) is 13.9. The molecule has 0 unspecified atom stereocenters. The third-order valence-electron chi connectivity index (χ3n) is 3.98. The van der Waals surface area contributed by atoms with Gasteiger partial charge < -0.3 is 10.6 Å². The van der Waals surface area contributed by atoms with E-state index < -0.39 is 15.8 Å². The minimum absolute atomic E-state index is 0.00686. The lowest BCUT2D eigenvalue weighted by Gasteiger charge is -2.19. The van der Waals surface area contributed by atoms with Crippen LogP contribution in [0.5, 0.6) is 0 Å². The maximum absolute atomic E-state index is 14.2. The van der Waals surface area contributed by atoms with Crippen LogP contribution < -0.4 is 15.4 Å². The van der Waals surface area contributed by atoms with Gasteiger partial charge in [-0.1, -0.05) is 6.07 Å². The fourth-order valence-electron chi connectivity index (χ4n) is 2.78. The van der Waals surface area contributed by atoms with E-state index in [1.54, 1.807) is 12.1 Å². The Labute approximate surface area is 151 Å². The van der Waals surface area contributed by atoms with E-state index in [1.807, 2.05) is 13.8 Å². The van der Waals surface area contributed by atoms with Gasteiger partial charge in [-0.05, 0) is 56.2 Å². The molecule has 0 fully saturated rings. The van der Waals surface area contributed by atoms with Gasteiger partial charge in [-0.3, -0.25) is 9.52 Å². The number of amides is 1. The number of para-hydroxylation sites is 1. The summed E-state index contributed by atoms with van der Waals surface area (Å²) >= 11 is 0. The summed E-state index contributed by atoms with van der Waals surface area (Å²) in [6.45, 7) is 3.75. The lowest BCUT2D eigenvalue weighted by molar-refractivity contribution is -0.116. The van der Waals surface area contributed by atoms with E-state index in [9.17, 15) is 17.6 Å². The molecule has 2 aromatic rings. The molecule has 0 saturated heterocycles.